The number of hydrogen-bond donors (Lipinski definition) is 1. The lowest BCUT2D eigenvalue weighted by molar-refractivity contribution is -0.175. The molecule has 1 spiro atoms. The molecule has 0 amide bonds. The van der Waals surface area contributed by atoms with Crippen molar-refractivity contribution < 1.29 is 23.7 Å². The predicted molar refractivity (Wildman–Crippen MR) is 125 cm³/mol. The molecule has 0 radical (unpaired) electrons. The van der Waals surface area contributed by atoms with Crippen LogP contribution in [0, 0.1) is 5.92 Å². The van der Waals surface area contributed by atoms with Gasteiger partial charge in [0, 0.05) is 42.6 Å². The summed E-state index contributed by atoms with van der Waals surface area (Å²) in [5.74, 6) is 3.11. The highest BCUT2D eigenvalue weighted by molar-refractivity contribution is 5.84. The van der Waals surface area contributed by atoms with Gasteiger partial charge in [0.05, 0.1) is 11.0 Å². The van der Waals surface area contributed by atoms with Crippen molar-refractivity contribution in [2.24, 2.45) is 5.92 Å². The number of ether oxygens (including phenoxy) is 3. The molecule has 2 aromatic carbocycles. The van der Waals surface area contributed by atoms with Crippen molar-refractivity contribution in [3.63, 3.8) is 0 Å². The summed E-state index contributed by atoms with van der Waals surface area (Å²) in [6.07, 6.45) is 4.54. The molecular weight excluding hydrogens is 430 g/mol. The quantitative estimate of drug-likeness (QED) is 0.580. The summed E-state index contributed by atoms with van der Waals surface area (Å²) in [7, 11) is 1.62. The molecule has 3 aliphatic carbocycles. The second kappa shape index (κ2) is 6.56. The third-order valence-electron chi connectivity index (χ3n) is 9.24. The number of fused-ring (bicyclic) bond motifs is 4. The second-order valence-corrected chi connectivity index (χ2v) is 10.9. The Bertz CT molecular complexity index is 1330. The van der Waals surface area contributed by atoms with E-state index in [1.165, 1.54) is 18.4 Å². The van der Waals surface area contributed by atoms with Crippen LogP contribution in [0.25, 0.3) is 11.0 Å². The van der Waals surface area contributed by atoms with Crippen LogP contribution in [-0.4, -0.2) is 48.6 Å². The van der Waals surface area contributed by atoms with E-state index in [9.17, 15) is 5.11 Å². The zero-order valence-corrected chi connectivity index (χ0v) is 19.4. The van der Waals surface area contributed by atoms with E-state index in [4.69, 9.17) is 18.6 Å². The normalized spacial score (nSPS) is 32.9. The van der Waals surface area contributed by atoms with Gasteiger partial charge in [0.1, 0.15) is 11.3 Å². The molecule has 4 atom stereocenters. The van der Waals surface area contributed by atoms with Gasteiger partial charge in [-0.25, -0.2) is 0 Å². The van der Waals surface area contributed by atoms with E-state index in [1.54, 1.807) is 7.11 Å². The zero-order chi connectivity index (χ0) is 22.7. The maximum Gasteiger partial charge on any atom is 0.188 e. The minimum atomic E-state index is -0.928. The van der Waals surface area contributed by atoms with Crippen LogP contribution >= 0.6 is 0 Å². The van der Waals surface area contributed by atoms with E-state index in [-0.39, 0.29) is 18.9 Å². The standard InChI is InChI=1S/C28H29NO5/c1-31-15-32-21-9-8-17-12-22-28(30)13-19-18-4-2-3-5-20(18)33-24(19)26-27(28,23(17)25(21)34-26)10-11-29(22)14-16-6-7-16/h2-5,8-9,16,22,26,30H,6-7,10-15H2,1H3/t22-,26-,27-,28+/m0/s1. The van der Waals surface area contributed by atoms with Crippen LogP contribution in [0.4, 0.5) is 0 Å². The van der Waals surface area contributed by atoms with E-state index in [0.29, 0.717) is 12.2 Å². The highest BCUT2D eigenvalue weighted by Gasteiger charge is 2.73. The van der Waals surface area contributed by atoms with Crippen molar-refractivity contribution in [1.82, 2.24) is 4.90 Å². The Balaban J connectivity index is 1.38. The molecule has 0 unspecified atom stereocenters. The first kappa shape index (κ1) is 19.7. The maximum absolute atomic E-state index is 12.9. The molecule has 1 N–H and O–H groups in total. The fourth-order valence-corrected chi connectivity index (χ4v) is 7.65. The molecule has 2 aliphatic heterocycles. The Morgan fingerprint density at radius 3 is 2.91 bits per heavy atom. The van der Waals surface area contributed by atoms with Crippen LogP contribution in [0.2, 0.25) is 0 Å². The first-order chi connectivity index (χ1) is 16.6. The van der Waals surface area contributed by atoms with Gasteiger partial charge in [-0.05, 0) is 55.8 Å². The zero-order valence-electron chi connectivity index (χ0n) is 19.4. The van der Waals surface area contributed by atoms with Crippen molar-refractivity contribution >= 4 is 11.0 Å². The predicted octanol–water partition coefficient (Wildman–Crippen LogP) is 4.11. The molecule has 6 nitrogen and oxygen atoms in total. The van der Waals surface area contributed by atoms with Gasteiger partial charge in [-0.15, -0.1) is 0 Å². The van der Waals surface area contributed by atoms with Crippen molar-refractivity contribution in [3.05, 3.63) is 58.8 Å². The summed E-state index contributed by atoms with van der Waals surface area (Å²) in [6, 6.07) is 12.4. The minimum absolute atomic E-state index is 0.0685. The summed E-state index contributed by atoms with van der Waals surface area (Å²) >= 11 is 0. The molecule has 1 saturated carbocycles. The SMILES string of the molecule is COCOc1ccc2c3c1O[C@H]1c4oc5ccccc5c4C[C@@]4(O)[C@H](C2)N(CC2CC2)CC[C@]314. The number of furan rings is 1. The summed E-state index contributed by atoms with van der Waals surface area (Å²) in [4.78, 5) is 2.59. The van der Waals surface area contributed by atoms with Gasteiger partial charge in [0.25, 0.3) is 0 Å². The first-order valence-electron chi connectivity index (χ1n) is 12.6. The maximum atomic E-state index is 12.9. The minimum Gasteiger partial charge on any atom is -0.477 e. The third-order valence-corrected chi connectivity index (χ3v) is 9.24. The first-order valence-corrected chi connectivity index (χ1v) is 12.6. The average Bonchev–Trinajstić information content (AvgIpc) is 3.48. The average molecular weight is 460 g/mol. The van der Waals surface area contributed by atoms with Crippen molar-refractivity contribution in [2.45, 2.75) is 55.3 Å². The van der Waals surface area contributed by atoms with Gasteiger partial charge in [0.15, 0.2) is 24.4 Å². The third kappa shape index (κ3) is 2.27. The molecule has 8 rings (SSSR count). The fourth-order valence-electron chi connectivity index (χ4n) is 7.65. The van der Waals surface area contributed by atoms with Gasteiger partial charge < -0.3 is 23.7 Å². The van der Waals surface area contributed by atoms with Crippen molar-refractivity contribution in [1.29, 1.82) is 0 Å². The molecular formula is C28H29NO5. The molecule has 1 aromatic heterocycles. The van der Waals surface area contributed by atoms with Crippen molar-refractivity contribution in [2.75, 3.05) is 27.0 Å². The number of piperidine rings is 1. The van der Waals surface area contributed by atoms with Crippen LogP contribution in [-0.2, 0) is 23.0 Å². The smallest absolute Gasteiger partial charge is 0.188 e. The molecule has 2 bridgehead atoms. The molecule has 3 heterocycles. The number of nitrogens with zero attached hydrogens (tertiary/aromatic N) is 1. The van der Waals surface area contributed by atoms with E-state index in [0.717, 1.165) is 65.5 Å². The Morgan fingerprint density at radius 1 is 1.18 bits per heavy atom. The van der Waals surface area contributed by atoms with Crippen LogP contribution in [0.1, 0.15) is 47.8 Å². The number of benzene rings is 2. The van der Waals surface area contributed by atoms with Crippen LogP contribution in [0.5, 0.6) is 11.5 Å². The highest BCUT2D eigenvalue weighted by atomic mass is 16.7. The molecule has 2 fully saturated rings. The Kier molecular flexibility index (Phi) is 3.81. The van der Waals surface area contributed by atoms with E-state index >= 15 is 0 Å². The summed E-state index contributed by atoms with van der Waals surface area (Å²) in [5, 5.41) is 14.0. The number of aliphatic hydroxyl groups is 1. The van der Waals surface area contributed by atoms with Gasteiger partial charge in [0.2, 0.25) is 0 Å². The molecule has 34 heavy (non-hydrogen) atoms. The van der Waals surface area contributed by atoms with E-state index in [2.05, 4.69) is 17.0 Å². The number of methoxy groups -OCH3 is 1. The van der Waals surface area contributed by atoms with Gasteiger partial charge in [-0.3, -0.25) is 4.90 Å². The Labute approximate surface area is 198 Å². The van der Waals surface area contributed by atoms with Gasteiger partial charge >= 0.3 is 0 Å². The number of para-hydroxylation sites is 1. The van der Waals surface area contributed by atoms with E-state index in [1.807, 2.05) is 24.3 Å². The van der Waals surface area contributed by atoms with Crippen LogP contribution in [0.3, 0.4) is 0 Å². The van der Waals surface area contributed by atoms with Gasteiger partial charge in [-0.1, -0.05) is 24.3 Å². The monoisotopic (exact) mass is 459 g/mol. The lowest BCUT2D eigenvalue weighted by atomic mass is 9.49. The topological polar surface area (TPSA) is 64.3 Å². The molecule has 3 aromatic rings. The van der Waals surface area contributed by atoms with Crippen LogP contribution < -0.4 is 9.47 Å². The van der Waals surface area contributed by atoms with Crippen molar-refractivity contribution in [3.8, 4) is 11.5 Å². The Hall–Kier alpha value is -2.54. The summed E-state index contributed by atoms with van der Waals surface area (Å²) in [6.45, 7) is 2.22. The molecule has 6 heteroatoms. The summed E-state index contributed by atoms with van der Waals surface area (Å²) in [5.41, 5.74) is 2.93. The number of rotatable bonds is 5. The number of hydrogen-bond acceptors (Lipinski definition) is 6. The highest BCUT2D eigenvalue weighted by Crippen LogP contribution is 2.69. The second-order valence-electron chi connectivity index (χ2n) is 10.9. The molecule has 1 saturated heterocycles. The Morgan fingerprint density at radius 2 is 2.06 bits per heavy atom. The molecule has 176 valence electrons. The van der Waals surface area contributed by atoms with Gasteiger partial charge in [-0.2, -0.15) is 0 Å². The molecule has 5 aliphatic rings. The van der Waals surface area contributed by atoms with E-state index < -0.39 is 11.0 Å². The fraction of sp³-hybridized carbons (Fsp3) is 0.500. The summed E-state index contributed by atoms with van der Waals surface area (Å²) < 4.78 is 24.4. The lowest BCUT2D eigenvalue weighted by Gasteiger charge is -2.62. The van der Waals surface area contributed by atoms with Crippen LogP contribution in [0.15, 0.2) is 40.8 Å². The largest absolute Gasteiger partial charge is 0.477 e. The number of likely N-dealkylation sites (tertiary alicyclic amines) is 1. The lowest BCUT2D eigenvalue weighted by Crippen LogP contribution is -2.74.